The summed E-state index contributed by atoms with van der Waals surface area (Å²) in [4.78, 5) is 46.9. The predicted octanol–water partition coefficient (Wildman–Crippen LogP) is -1.74. The van der Waals surface area contributed by atoms with Gasteiger partial charge in [-0.05, 0) is 25.3 Å². The smallest absolute Gasteiger partial charge is 0.328 e. The van der Waals surface area contributed by atoms with Gasteiger partial charge in [0.2, 0.25) is 17.7 Å². The van der Waals surface area contributed by atoms with E-state index in [4.69, 9.17) is 16.6 Å². The molecule has 4 atom stereocenters. The molecule has 4 unspecified atom stereocenters. The summed E-state index contributed by atoms with van der Waals surface area (Å²) in [6, 6.07) is 5.24. The third kappa shape index (κ3) is 7.72. The molecular formula is C18H26N4O6. The van der Waals surface area contributed by atoms with Crippen molar-refractivity contribution in [2.24, 2.45) is 11.5 Å². The number of nitrogens with one attached hydrogen (secondary N) is 2. The van der Waals surface area contributed by atoms with Crippen molar-refractivity contribution < 1.29 is 29.4 Å². The molecule has 0 aliphatic rings. The van der Waals surface area contributed by atoms with Crippen LogP contribution in [0.3, 0.4) is 0 Å². The van der Waals surface area contributed by atoms with Crippen LogP contribution in [0.2, 0.25) is 0 Å². The van der Waals surface area contributed by atoms with Gasteiger partial charge in [-0.1, -0.05) is 30.3 Å². The molecule has 1 aromatic rings. The van der Waals surface area contributed by atoms with Gasteiger partial charge in [-0.3, -0.25) is 14.4 Å². The second-order valence-corrected chi connectivity index (χ2v) is 6.43. The molecule has 8 N–H and O–H groups in total. The van der Waals surface area contributed by atoms with Crippen molar-refractivity contribution in [3.05, 3.63) is 35.9 Å². The van der Waals surface area contributed by atoms with Crippen LogP contribution >= 0.6 is 0 Å². The maximum atomic E-state index is 12.4. The van der Waals surface area contributed by atoms with E-state index < -0.39 is 47.9 Å². The first kappa shape index (κ1) is 23.1. The molecule has 0 saturated heterocycles. The van der Waals surface area contributed by atoms with E-state index in [1.165, 1.54) is 6.92 Å². The van der Waals surface area contributed by atoms with Crippen molar-refractivity contribution in [3.8, 4) is 0 Å². The number of carboxylic acid groups (broad SMARTS) is 1. The lowest BCUT2D eigenvalue weighted by Crippen LogP contribution is -2.56. The maximum Gasteiger partial charge on any atom is 0.328 e. The highest BCUT2D eigenvalue weighted by atomic mass is 16.4. The number of rotatable bonds is 11. The number of aliphatic carboxylic acids is 1. The summed E-state index contributed by atoms with van der Waals surface area (Å²) in [5.74, 6) is -3.64. The molecule has 0 aliphatic heterocycles. The molecule has 0 fully saturated rings. The first-order valence-corrected chi connectivity index (χ1v) is 8.71. The molecule has 0 heterocycles. The van der Waals surface area contributed by atoms with Crippen LogP contribution in [0.5, 0.6) is 0 Å². The molecule has 0 spiro atoms. The Labute approximate surface area is 162 Å². The van der Waals surface area contributed by atoms with Crippen molar-refractivity contribution in [2.45, 2.75) is 50.4 Å². The topological polar surface area (TPSA) is 185 Å². The summed E-state index contributed by atoms with van der Waals surface area (Å²) in [6.45, 7) is 1.20. The third-order valence-corrected chi connectivity index (χ3v) is 3.99. The highest BCUT2D eigenvalue weighted by Crippen LogP contribution is 2.05. The van der Waals surface area contributed by atoms with E-state index >= 15 is 0 Å². The number of primary amides is 1. The minimum atomic E-state index is -1.57. The van der Waals surface area contributed by atoms with E-state index in [9.17, 15) is 24.3 Å². The molecule has 0 aliphatic carbocycles. The van der Waals surface area contributed by atoms with Crippen LogP contribution in [0, 0.1) is 0 Å². The van der Waals surface area contributed by atoms with Crippen LogP contribution in [0.15, 0.2) is 30.3 Å². The highest BCUT2D eigenvalue weighted by molar-refractivity contribution is 5.92. The monoisotopic (exact) mass is 394 g/mol. The second-order valence-electron chi connectivity index (χ2n) is 6.43. The number of carbonyl (C=O) groups excluding carboxylic acids is 3. The normalized spacial score (nSPS) is 15.0. The van der Waals surface area contributed by atoms with Crippen LogP contribution in [-0.4, -0.2) is 58.1 Å². The Morgan fingerprint density at radius 1 is 1.07 bits per heavy atom. The average Bonchev–Trinajstić information content (AvgIpc) is 2.62. The Morgan fingerprint density at radius 2 is 1.68 bits per heavy atom. The molecular weight excluding hydrogens is 368 g/mol. The summed E-state index contributed by atoms with van der Waals surface area (Å²) < 4.78 is 0. The maximum absolute atomic E-state index is 12.4. The summed E-state index contributed by atoms with van der Waals surface area (Å²) in [7, 11) is 0. The molecule has 0 radical (unpaired) electrons. The number of nitrogens with two attached hydrogens (primary N) is 2. The molecule has 1 rings (SSSR count). The summed E-state index contributed by atoms with van der Waals surface area (Å²) in [5, 5.41) is 23.1. The molecule has 0 aromatic heterocycles. The van der Waals surface area contributed by atoms with Gasteiger partial charge in [-0.2, -0.15) is 0 Å². The molecule has 10 nitrogen and oxygen atoms in total. The fraction of sp³-hybridized carbons (Fsp3) is 0.444. The summed E-state index contributed by atoms with van der Waals surface area (Å²) in [5.41, 5.74) is 11.8. The standard InChI is InChI=1S/C18H26N4O6/c1-10(23)15(18(27)28)22-17(26)13(7-8-14(20)24)21-16(25)12(19)9-11-5-3-2-4-6-11/h2-6,10,12-13,15,23H,7-9,19H2,1H3,(H2,20,24)(H,21,25)(H,22,26)(H,27,28). The molecule has 0 saturated carbocycles. The first-order valence-electron chi connectivity index (χ1n) is 8.71. The summed E-state index contributed by atoms with van der Waals surface area (Å²) >= 11 is 0. The van der Waals surface area contributed by atoms with Crippen molar-refractivity contribution >= 4 is 23.7 Å². The van der Waals surface area contributed by atoms with Gasteiger partial charge in [0.15, 0.2) is 6.04 Å². The lowest BCUT2D eigenvalue weighted by Gasteiger charge is -2.23. The van der Waals surface area contributed by atoms with Gasteiger partial charge in [0.05, 0.1) is 12.1 Å². The molecule has 28 heavy (non-hydrogen) atoms. The van der Waals surface area contributed by atoms with Crippen LogP contribution < -0.4 is 22.1 Å². The largest absolute Gasteiger partial charge is 0.480 e. The van der Waals surface area contributed by atoms with Crippen molar-refractivity contribution in [1.29, 1.82) is 0 Å². The van der Waals surface area contributed by atoms with Gasteiger partial charge in [-0.15, -0.1) is 0 Å². The number of hydrogen-bond acceptors (Lipinski definition) is 6. The first-order chi connectivity index (χ1) is 13.1. The molecule has 0 bridgehead atoms. The fourth-order valence-electron chi connectivity index (χ4n) is 2.44. The minimum Gasteiger partial charge on any atom is -0.480 e. The molecule has 3 amide bonds. The Balaban J connectivity index is 2.81. The van der Waals surface area contributed by atoms with Crippen LogP contribution in [0.1, 0.15) is 25.3 Å². The third-order valence-electron chi connectivity index (χ3n) is 3.99. The number of hydrogen-bond donors (Lipinski definition) is 6. The zero-order chi connectivity index (χ0) is 21.3. The lowest BCUT2D eigenvalue weighted by atomic mass is 10.0. The Morgan fingerprint density at radius 3 is 2.18 bits per heavy atom. The van der Waals surface area contributed by atoms with E-state index in [1.54, 1.807) is 24.3 Å². The van der Waals surface area contributed by atoms with Gasteiger partial charge in [0.1, 0.15) is 6.04 Å². The van der Waals surface area contributed by atoms with Crippen LogP contribution in [0.25, 0.3) is 0 Å². The van der Waals surface area contributed by atoms with E-state index in [0.29, 0.717) is 0 Å². The second kappa shape index (κ2) is 11.0. The summed E-state index contributed by atoms with van der Waals surface area (Å²) in [6.07, 6.45) is -1.49. The van der Waals surface area contributed by atoms with E-state index in [0.717, 1.165) is 5.56 Å². The van der Waals surface area contributed by atoms with Gasteiger partial charge in [0.25, 0.3) is 0 Å². The molecule has 154 valence electrons. The number of benzene rings is 1. The molecule has 1 aromatic carbocycles. The SMILES string of the molecule is CC(O)C(NC(=O)C(CCC(N)=O)NC(=O)C(N)Cc1ccccc1)C(=O)O. The van der Waals surface area contributed by atoms with Crippen LogP contribution in [-0.2, 0) is 25.6 Å². The predicted molar refractivity (Wildman–Crippen MR) is 99.7 cm³/mol. The number of carboxylic acids is 1. The van der Waals surface area contributed by atoms with Crippen molar-refractivity contribution in [3.63, 3.8) is 0 Å². The Hall–Kier alpha value is -2.98. The Kier molecular flexibility index (Phi) is 9.06. The lowest BCUT2D eigenvalue weighted by molar-refractivity contribution is -0.145. The van der Waals surface area contributed by atoms with E-state index in [-0.39, 0.29) is 19.3 Å². The van der Waals surface area contributed by atoms with Crippen molar-refractivity contribution in [1.82, 2.24) is 10.6 Å². The zero-order valence-corrected chi connectivity index (χ0v) is 15.5. The van der Waals surface area contributed by atoms with Gasteiger partial charge < -0.3 is 32.3 Å². The van der Waals surface area contributed by atoms with Gasteiger partial charge in [-0.25, -0.2) is 4.79 Å². The van der Waals surface area contributed by atoms with Gasteiger partial charge >= 0.3 is 5.97 Å². The van der Waals surface area contributed by atoms with E-state index in [2.05, 4.69) is 10.6 Å². The quantitative estimate of drug-likeness (QED) is 0.257. The van der Waals surface area contributed by atoms with Gasteiger partial charge in [0, 0.05) is 6.42 Å². The zero-order valence-electron chi connectivity index (χ0n) is 15.5. The van der Waals surface area contributed by atoms with Crippen molar-refractivity contribution in [2.75, 3.05) is 0 Å². The number of aliphatic hydroxyl groups is 1. The number of carbonyl (C=O) groups is 4. The average molecular weight is 394 g/mol. The van der Waals surface area contributed by atoms with Crippen LogP contribution in [0.4, 0.5) is 0 Å². The minimum absolute atomic E-state index is 0.142. The number of aliphatic hydroxyl groups excluding tert-OH is 1. The highest BCUT2D eigenvalue weighted by Gasteiger charge is 2.30. The number of amides is 3. The Bertz CT molecular complexity index is 695. The molecule has 10 heteroatoms. The van der Waals surface area contributed by atoms with E-state index in [1.807, 2.05) is 6.07 Å². The fourth-order valence-corrected chi connectivity index (χ4v) is 2.44.